The molecule has 2 rings (SSSR count). The molecular weight excluding hydrogens is 266 g/mol. The smallest absolute Gasteiger partial charge is 0.241 e. The van der Waals surface area contributed by atoms with E-state index in [1.165, 1.54) is 19.3 Å². The third-order valence-corrected chi connectivity index (χ3v) is 3.47. The van der Waals surface area contributed by atoms with Crippen LogP contribution in [0.2, 0.25) is 0 Å². The number of hydrogen-bond donors (Lipinski definition) is 2. The van der Waals surface area contributed by atoms with Crippen LogP contribution in [0.15, 0.2) is 18.7 Å². The molecule has 7 nitrogen and oxygen atoms in total. The highest BCUT2D eigenvalue weighted by molar-refractivity contribution is 5.35. The van der Waals surface area contributed by atoms with Gasteiger partial charge in [0.2, 0.25) is 17.8 Å². The first-order valence-electron chi connectivity index (χ1n) is 7.46. The molecule has 0 aromatic carbocycles. The van der Waals surface area contributed by atoms with Gasteiger partial charge < -0.3 is 11.1 Å². The van der Waals surface area contributed by atoms with Crippen molar-refractivity contribution in [1.29, 1.82) is 0 Å². The molecule has 7 heteroatoms. The van der Waals surface area contributed by atoms with Crippen molar-refractivity contribution in [2.75, 3.05) is 17.6 Å². The predicted octanol–water partition coefficient (Wildman–Crippen LogP) is 2.27. The highest BCUT2D eigenvalue weighted by Crippen LogP contribution is 2.14. The SMILES string of the molecule is CCCCC(CC)CNc1nc(N)nc(-n2ccnc2)n1. The summed E-state index contributed by atoms with van der Waals surface area (Å²) in [4.78, 5) is 16.6. The van der Waals surface area contributed by atoms with Gasteiger partial charge >= 0.3 is 0 Å². The second kappa shape index (κ2) is 7.56. The fourth-order valence-corrected chi connectivity index (χ4v) is 2.13. The molecule has 0 saturated carbocycles. The van der Waals surface area contributed by atoms with Gasteiger partial charge in [0, 0.05) is 18.9 Å². The highest BCUT2D eigenvalue weighted by Gasteiger charge is 2.09. The minimum absolute atomic E-state index is 0.206. The second-order valence-corrected chi connectivity index (χ2v) is 5.08. The summed E-state index contributed by atoms with van der Waals surface area (Å²) >= 11 is 0. The van der Waals surface area contributed by atoms with Crippen molar-refractivity contribution in [3.63, 3.8) is 0 Å². The van der Waals surface area contributed by atoms with Crippen molar-refractivity contribution < 1.29 is 0 Å². The fraction of sp³-hybridized carbons (Fsp3) is 0.571. The van der Waals surface area contributed by atoms with E-state index in [2.05, 4.69) is 39.1 Å². The molecular formula is C14H23N7. The molecule has 0 saturated heterocycles. The molecule has 114 valence electrons. The van der Waals surface area contributed by atoms with E-state index in [-0.39, 0.29) is 5.95 Å². The average Bonchev–Trinajstić information content (AvgIpc) is 3.01. The third-order valence-electron chi connectivity index (χ3n) is 3.47. The molecule has 1 atom stereocenters. The first-order chi connectivity index (χ1) is 10.2. The maximum absolute atomic E-state index is 5.75. The molecule has 0 fully saturated rings. The molecule has 0 spiro atoms. The predicted molar refractivity (Wildman–Crippen MR) is 83.2 cm³/mol. The number of nitrogens with two attached hydrogens (primary N) is 1. The largest absolute Gasteiger partial charge is 0.368 e. The van der Waals surface area contributed by atoms with E-state index in [0.29, 0.717) is 17.8 Å². The van der Waals surface area contributed by atoms with E-state index in [1.807, 2.05) is 0 Å². The van der Waals surface area contributed by atoms with Crippen molar-refractivity contribution in [3.8, 4) is 5.95 Å². The normalized spacial score (nSPS) is 12.3. The molecule has 0 amide bonds. The van der Waals surface area contributed by atoms with Crippen molar-refractivity contribution in [3.05, 3.63) is 18.7 Å². The van der Waals surface area contributed by atoms with Crippen LogP contribution in [0.1, 0.15) is 39.5 Å². The van der Waals surface area contributed by atoms with Gasteiger partial charge in [-0.3, -0.25) is 4.57 Å². The van der Waals surface area contributed by atoms with Crippen LogP contribution < -0.4 is 11.1 Å². The number of nitrogen functional groups attached to an aromatic ring is 1. The first kappa shape index (κ1) is 15.2. The summed E-state index contributed by atoms with van der Waals surface area (Å²) in [7, 11) is 0. The lowest BCUT2D eigenvalue weighted by atomic mass is 9.99. The zero-order chi connectivity index (χ0) is 15.1. The highest BCUT2D eigenvalue weighted by atomic mass is 15.3. The Kier molecular flexibility index (Phi) is 5.48. The quantitative estimate of drug-likeness (QED) is 0.774. The topological polar surface area (TPSA) is 94.5 Å². The number of imidazole rings is 1. The van der Waals surface area contributed by atoms with E-state index >= 15 is 0 Å². The van der Waals surface area contributed by atoms with Crippen molar-refractivity contribution in [2.45, 2.75) is 39.5 Å². The maximum Gasteiger partial charge on any atom is 0.241 e. The van der Waals surface area contributed by atoms with Gasteiger partial charge in [0.1, 0.15) is 6.33 Å². The van der Waals surface area contributed by atoms with Crippen LogP contribution in [-0.2, 0) is 0 Å². The van der Waals surface area contributed by atoms with Crippen LogP contribution in [-0.4, -0.2) is 31.0 Å². The number of nitrogens with one attached hydrogen (secondary N) is 1. The van der Waals surface area contributed by atoms with Crippen molar-refractivity contribution >= 4 is 11.9 Å². The van der Waals surface area contributed by atoms with E-state index < -0.39 is 0 Å². The number of nitrogens with zero attached hydrogens (tertiary/aromatic N) is 5. The van der Waals surface area contributed by atoms with E-state index in [1.54, 1.807) is 23.3 Å². The second-order valence-electron chi connectivity index (χ2n) is 5.08. The Labute approximate surface area is 125 Å². The molecule has 1 unspecified atom stereocenters. The average molecular weight is 289 g/mol. The van der Waals surface area contributed by atoms with Crippen LogP contribution in [0.25, 0.3) is 5.95 Å². The van der Waals surface area contributed by atoms with Crippen LogP contribution in [0, 0.1) is 5.92 Å². The Bertz CT molecular complexity index is 538. The van der Waals surface area contributed by atoms with Crippen LogP contribution >= 0.6 is 0 Å². The van der Waals surface area contributed by atoms with Crippen LogP contribution in [0.4, 0.5) is 11.9 Å². The summed E-state index contributed by atoms with van der Waals surface area (Å²) in [6, 6.07) is 0. The van der Waals surface area contributed by atoms with Gasteiger partial charge in [0.25, 0.3) is 0 Å². The zero-order valence-corrected chi connectivity index (χ0v) is 12.7. The molecule has 2 aromatic heterocycles. The Balaban J connectivity index is 2.03. The summed E-state index contributed by atoms with van der Waals surface area (Å²) in [6.45, 7) is 5.27. The molecule has 3 N–H and O–H groups in total. The third kappa shape index (κ3) is 4.40. The van der Waals surface area contributed by atoms with Crippen molar-refractivity contribution in [1.82, 2.24) is 24.5 Å². The Morgan fingerprint density at radius 3 is 2.81 bits per heavy atom. The fourth-order valence-electron chi connectivity index (χ4n) is 2.13. The molecule has 21 heavy (non-hydrogen) atoms. The molecule has 2 aromatic rings. The minimum atomic E-state index is 0.206. The van der Waals surface area contributed by atoms with Gasteiger partial charge in [-0.1, -0.05) is 33.1 Å². The number of rotatable bonds is 8. The molecule has 2 heterocycles. The lowest BCUT2D eigenvalue weighted by Gasteiger charge is -2.15. The van der Waals surface area contributed by atoms with Gasteiger partial charge in [-0.15, -0.1) is 0 Å². The monoisotopic (exact) mass is 289 g/mol. The summed E-state index contributed by atoms with van der Waals surface area (Å²) < 4.78 is 1.71. The van der Waals surface area contributed by atoms with Crippen LogP contribution in [0.3, 0.4) is 0 Å². The summed E-state index contributed by atoms with van der Waals surface area (Å²) in [6.07, 6.45) is 9.91. The molecule has 0 aliphatic carbocycles. The van der Waals surface area contributed by atoms with Gasteiger partial charge in [-0.05, 0) is 12.3 Å². The lowest BCUT2D eigenvalue weighted by Crippen LogP contribution is -2.17. The lowest BCUT2D eigenvalue weighted by molar-refractivity contribution is 0.471. The standard InChI is InChI=1S/C14H23N7/c1-3-5-6-11(4-2)9-17-13-18-12(15)19-14(20-13)21-8-7-16-10-21/h7-8,10-11H,3-6,9H2,1-2H3,(H3,15,17,18,19,20). The van der Waals surface area contributed by atoms with Gasteiger partial charge in [-0.25, -0.2) is 4.98 Å². The number of unbranched alkanes of at least 4 members (excludes halogenated alkanes) is 1. The molecule has 0 aliphatic heterocycles. The van der Waals surface area contributed by atoms with E-state index in [9.17, 15) is 0 Å². The van der Waals surface area contributed by atoms with E-state index in [0.717, 1.165) is 13.0 Å². The number of anilines is 2. The van der Waals surface area contributed by atoms with E-state index in [4.69, 9.17) is 5.73 Å². The molecule has 0 aliphatic rings. The summed E-state index contributed by atoms with van der Waals surface area (Å²) in [5.41, 5.74) is 5.75. The Morgan fingerprint density at radius 2 is 2.14 bits per heavy atom. The Morgan fingerprint density at radius 1 is 1.29 bits per heavy atom. The summed E-state index contributed by atoms with van der Waals surface area (Å²) in [5, 5.41) is 3.27. The first-order valence-corrected chi connectivity index (χ1v) is 7.46. The number of aromatic nitrogens is 5. The van der Waals surface area contributed by atoms with Crippen LogP contribution in [0.5, 0.6) is 0 Å². The molecule has 0 radical (unpaired) electrons. The summed E-state index contributed by atoms with van der Waals surface area (Å²) in [5.74, 6) is 1.82. The zero-order valence-electron chi connectivity index (χ0n) is 12.7. The minimum Gasteiger partial charge on any atom is -0.368 e. The van der Waals surface area contributed by atoms with Gasteiger partial charge in [0.15, 0.2) is 0 Å². The van der Waals surface area contributed by atoms with Crippen molar-refractivity contribution in [2.24, 2.45) is 5.92 Å². The Hall–Kier alpha value is -2.18. The molecule has 0 bridgehead atoms. The maximum atomic E-state index is 5.75. The van der Waals surface area contributed by atoms with Gasteiger partial charge in [0.05, 0.1) is 0 Å². The van der Waals surface area contributed by atoms with Gasteiger partial charge in [-0.2, -0.15) is 15.0 Å². The number of hydrogen-bond acceptors (Lipinski definition) is 6.